The minimum absolute atomic E-state index is 0.344. The first kappa shape index (κ1) is 17.1. The monoisotopic (exact) mass is 335 g/mol. The third kappa shape index (κ3) is 3.91. The van der Waals surface area contributed by atoms with Crippen LogP contribution in [-0.2, 0) is 15.8 Å². The van der Waals surface area contributed by atoms with Crippen LogP contribution in [0.25, 0.3) is 0 Å². The van der Waals surface area contributed by atoms with E-state index in [4.69, 9.17) is 0 Å². The van der Waals surface area contributed by atoms with E-state index in [0.717, 1.165) is 11.3 Å². The molecule has 0 saturated heterocycles. The molecule has 0 aliphatic carbocycles. The summed E-state index contributed by atoms with van der Waals surface area (Å²) in [5.41, 5.74) is 3.51. The van der Waals surface area contributed by atoms with Gasteiger partial charge in [0.2, 0.25) is 10.0 Å². The molecular weight excluding hydrogens is 314 g/mol. The van der Waals surface area contributed by atoms with Crippen molar-refractivity contribution in [2.45, 2.75) is 29.4 Å². The molecule has 3 nitrogen and oxygen atoms in total. The number of thioether (sulfide) groups is 1. The summed E-state index contributed by atoms with van der Waals surface area (Å²) in [6.07, 6.45) is 0. The number of hydrogen-bond donors (Lipinski definition) is 0. The predicted octanol–water partition coefficient (Wildman–Crippen LogP) is 3.85. The molecule has 22 heavy (non-hydrogen) atoms. The van der Waals surface area contributed by atoms with Gasteiger partial charge in [-0.15, -0.1) is 11.8 Å². The smallest absolute Gasteiger partial charge is 0.207 e. The van der Waals surface area contributed by atoms with E-state index in [-0.39, 0.29) is 0 Å². The van der Waals surface area contributed by atoms with Gasteiger partial charge >= 0.3 is 0 Å². The first-order chi connectivity index (χ1) is 10.3. The molecule has 118 valence electrons. The Kier molecular flexibility index (Phi) is 5.32. The third-order valence-electron chi connectivity index (χ3n) is 3.40. The van der Waals surface area contributed by atoms with Crippen LogP contribution in [-0.4, -0.2) is 26.8 Å². The van der Waals surface area contributed by atoms with Crippen molar-refractivity contribution in [3.63, 3.8) is 0 Å². The normalized spacial score (nSPS) is 11.9. The minimum atomic E-state index is -3.37. The quantitative estimate of drug-likeness (QED) is 0.779. The van der Waals surface area contributed by atoms with Crippen molar-refractivity contribution >= 4 is 21.8 Å². The van der Waals surface area contributed by atoms with E-state index in [1.54, 1.807) is 44.1 Å². The highest BCUT2D eigenvalue weighted by atomic mass is 32.2. The number of rotatable bonds is 5. The topological polar surface area (TPSA) is 37.4 Å². The van der Waals surface area contributed by atoms with Gasteiger partial charge < -0.3 is 0 Å². The Hall–Kier alpha value is -1.30. The molecule has 0 aliphatic rings. The first-order valence-electron chi connectivity index (χ1n) is 7.02. The van der Waals surface area contributed by atoms with Gasteiger partial charge in [0.25, 0.3) is 0 Å². The largest absolute Gasteiger partial charge is 0.242 e. The molecule has 0 aromatic heterocycles. The number of nitrogens with zero attached hydrogens (tertiary/aromatic N) is 1. The number of aryl methyl sites for hydroxylation is 2. The maximum absolute atomic E-state index is 12.2. The highest BCUT2D eigenvalue weighted by Gasteiger charge is 2.17. The molecule has 5 heteroatoms. The van der Waals surface area contributed by atoms with Gasteiger partial charge in [0, 0.05) is 24.7 Å². The first-order valence-corrected chi connectivity index (χ1v) is 9.45. The van der Waals surface area contributed by atoms with E-state index in [1.807, 2.05) is 6.07 Å². The molecule has 0 heterocycles. The SMILES string of the molecule is Cc1ccc(SCc2cccc(S(=O)(=O)N(C)C)c2)c(C)c1. The summed E-state index contributed by atoms with van der Waals surface area (Å²) in [7, 11) is -0.276. The van der Waals surface area contributed by atoms with E-state index in [2.05, 4.69) is 32.0 Å². The second-order valence-corrected chi connectivity index (χ2v) is 8.66. The molecule has 2 aromatic carbocycles. The molecule has 2 aromatic rings. The maximum Gasteiger partial charge on any atom is 0.242 e. The van der Waals surface area contributed by atoms with Crippen molar-refractivity contribution in [3.05, 3.63) is 59.2 Å². The Bertz CT molecular complexity index is 768. The molecule has 0 bridgehead atoms. The summed E-state index contributed by atoms with van der Waals surface area (Å²) in [6.45, 7) is 4.18. The van der Waals surface area contributed by atoms with Gasteiger partial charge in [-0.3, -0.25) is 0 Å². The van der Waals surface area contributed by atoms with Crippen LogP contribution in [0, 0.1) is 13.8 Å². The third-order valence-corrected chi connectivity index (χ3v) is 6.46. The van der Waals surface area contributed by atoms with Gasteiger partial charge in [-0.25, -0.2) is 12.7 Å². The summed E-state index contributed by atoms with van der Waals surface area (Å²) in [5, 5.41) is 0. The van der Waals surface area contributed by atoms with Crippen LogP contribution in [0.3, 0.4) is 0 Å². The number of hydrogen-bond acceptors (Lipinski definition) is 3. The van der Waals surface area contributed by atoms with Crippen LogP contribution in [0.1, 0.15) is 16.7 Å². The van der Waals surface area contributed by atoms with Crippen molar-refractivity contribution < 1.29 is 8.42 Å². The van der Waals surface area contributed by atoms with Crippen molar-refractivity contribution in [1.82, 2.24) is 4.31 Å². The summed E-state index contributed by atoms with van der Waals surface area (Å²) >= 11 is 1.73. The zero-order chi connectivity index (χ0) is 16.3. The average molecular weight is 335 g/mol. The fourth-order valence-corrected chi connectivity index (χ4v) is 4.05. The lowest BCUT2D eigenvalue weighted by atomic mass is 10.2. The second-order valence-electron chi connectivity index (χ2n) is 5.49. The van der Waals surface area contributed by atoms with Crippen molar-refractivity contribution in [2.24, 2.45) is 0 Å². The van der Waals surface area contributed by atoms with Crippen LogP contribution in [0.2, 0.25) is 0 Å². The highest BCUT2D eigenvalue weighted by Crippen LogP contribution is 2.27. The Balaban J connectivity index is 2.18. The van der Waals surface area contributed by atoms with Crippen LogP contribution in [0.15, 0.2) is 52.3 Å². The molecule has 0 fully saturated rings. The Morgan fingerprint density at radius 3 is 2.41 bits per heavy atom. The lowest BCUT2D eigenvalue weighted by Crippen LogP contribution is -2.22. The van der Waals surface area contributed by atoms with Crippen LogP contribution < -0.4 is 0 Å². The van der Waals surface area contributed by atoms with Gasteiger partial charge in [-0.1, -0.05) is 29.8 Å². The maximum atomic E-state index is 12.2. The molecule has 0 N–H and O–H groups in total. The summed E-state index contributed by atoms with van der Waals surface area (Å²) in [4.78, 5) is 1.57. The molecule has 0 radical (unpaired) electrons. The average Bonchev–Trinajstić information content (AvgIpc) is 2.46. The van der Waals surface area contributed by atoms with E-state index in [9.17, 15) is 8.42 Å². The number of benzene rings is 2. The van der Waals surface area contributed by atoms with Gasteiger partial charge in [-0.05, 0) is 43.2 Å². The van der Waals surface area contributed by atoms with Gasteiger partial charge in [-0.2, -0.15) is 0 Å². The fourth-order valence-electron chi connectivity index (χ4n) is 2.13. The van der Waals surface area contributed by atoms with E-state index < -0.39 is 10.0 Å². The number of sulfonamides is 1. The molecule has 0 aliphatic heterocycles. The molecule has 0 spiro atoms. The lowest BCUT2D eigenvalue weighted by molar-refractivity contribution is 0.520. The van der Waals surface area contributed by atoms with E-state index in [0.29, 0.717) is 4.90 Å². The van der Waals surface area contributed by atoms with E-state index in [1.165, 1.54) is 20.3 Å². The standard InChI is InChI=1S/C17H21NO2S2/c1-13-8-9-17(14(2)10-13)21-12-15-6-5-7-16(11-15)22(19,20)18(3)4/h5-11H,12H2,1-4H3. The predicted molar refractivity (Wildman–Crippen MR) is 92.8 cm³/mol. The fraction of sp³-hybridized carbons (Fsp3) is 0.294. The second kappa shape index (κ2) is 6.86. The van der Waals surface area contributed by atoms with Crippen molar-refractivity contribution in [2.75, 3.05) is 14.1 Å². The summed E-state index contributed by atoms with van der Waals surface area (Å²) in [6, 6.07) is 13.5. The lowest BCUT2D eigenvalue weighted by Gasteiger charge is -2.12. The minimum Gasteiger partial charge on any atom is -0.207 e. The zero-order valence-corrected chi connectivity index (χ0v) is 15.0. The summed E-state index contributed by atoms with van der Waals surface area (Å²) in [5.74, 6) is 0.751. The van der Waals surface area contributed by atoms with Gasteiger partial charge in [0.15, 0.2) is 0 Å². The molecule has 0 saturated carbocycles. The van der Waals surface area contributed by atoms with Gasteiger partial charge in [0.1, 0.15) is 0 Å². The molecule has 2 rings (SSSR count). The van der Waals surface area contributed by atoms with E-state index >= 15 is 0 Å². The van der Waals surface area contributed by atoms with Crippen molar-refractivity contribution in [1.29, 1.82) is 0 Å². The molecule has 0 amide bonds. The summed E-state index contributed by atoms with van der Waals surface area (Å²) < 4.78 is 25.6. The Morgan fingerprint density at radius 2 is 1.77 bits per heavy atom. The molecular formula is C17H21NO2S2. The Morgan fingerprint density at radius 1 is 1.05 bits per heavy atom. The zero-order valence-electron chi connectivity index (χ0n) is 13.3. The van der Waals surface area contributed by atoms with Crippen LogP contribution in [0.4, 0.5) is 0 Å². The van der Waals surface area contributed by atoms with Crippen LogP contribution >= 0.6 is 11.8 Å². The molecule has 0 unspecified atom stereocenters. The van der Waals surface area contributed by atoms with Crippen LogP contribution in [0.5, 0.6) is 0 Å². The Labute approximate surface area is 137 Å². The van der Waals surface area contributed by atoms with Gasteiger partial charge in [0.05, 0.1) is 4.90 Å². The van der Waals surface area contributed by atoms with Crippen molar-refractivity contribution in [3.8, 4) is 0 Å². The molecule has 0 atom stereocenters. The highest BCUT2D eigenvalue weighted by molar-refractivity contribution is 7.98.